The number of nitrogens with one attached hydrogen (secondary N) is 1. The predicted octanol–water partition coefficient (Wildman–Crippen LogP) is 3.00. The van der Waals surface area contributed by atoms with Gasteiger partial charge in [0.25, 0.3) is 0 Å². The molecule has 3 rings (SSSR count). The molecule has 5 heteroatoms. The maximum absolute atomic E-state index is 13.5. The quantitative estimate of drug-likeness (QED) is 0.942. The van der Waals surface area contributed by atoms with Crippen LogP contribution in [0.2, 0.25) is 0 Å². The third-order valence-corrected chi connectivity index (χ3v) is 3.53. The molecule has 0 spiro atoms. The lowest BCUT2D eigenvalue weighted by molar-refractivity contribution is 0.000306. The predicted molar refractivity (Wildman–Crippen MR) is 79.9 cm³/mol. The van der Waals surface area contributed by atoms with Crippen LogP contribution < -0.4 is 10.1 Å². The summed E-state index contributed by atoms with van der Waals surface area (Å²) < 4.78 is 38.0. The number of benzene rings is 2. The van der Waals surface area contributed by atoms with Crippen molar-refractivity contribution in [1.82, 2.24) is 5.32 Å². The van der Waals surface area contributed by atoms with Crippen LogP contribution in [0.25, 0.3) is 11.1 Å². The number of hydrogen-bond donors (Lipinski definition) is 1. The van der Waals surface area contributed by atoms with E-state index >= 15 is 0 Å². The van der Waals surface area contributed by atoms with E-state index in [1.807, 2.05) is 0 Å². The maximum atomic E-state index is 13.5. The van der Waals surface area contributed by atoms with Gasteiger partial charge in [-0.3, -0.25) is 0 Å². The lowest BCUT2D eigenvalue weighted by Crippen LogP contribution is -2.41. The van der Waals surface area contributed by atoms with Crippen LogP contribution in [-0.4, -0.2) is 32.4 Å². The largest absolute Gasteiger partial charge is 0.490 e. The maximum Gasteiger partial charge on any atom is 0.127 e. The monoisotopic (exact) mass is 305 g/mol. The number of rotatable bonds is 4. The molecule has 1 aliphatic heterocycles. The second-order valence-corrected chi connectivity index (χ2v) is 5.16. The Morgan fingerprint density at radius 2 is 1.86 bits per heavy atom. The van der Waals surface area contributed by atoms with E-state index in [-0.39, 0.29) is 17.7 Å². The van der Waals surface area contributed by atoms with Crippen LogP contribution in [0.3, 0.4) is 0 Å². The molecule has 0 aliphatic carbocycles. The lowest BCUT2D eigenvalue weighted by atomic mass is 10.0. The van der Waals surface area contributed by atoms with Gasteiger partial charge in [0, 0.05) is 18.7 Å². The molecular weight excluding hydrogens is 288 g/mol. The summed E-state index contributed by atoms with van der Waals surface area (Å²) >= 11 is 0. The van der Waals surface area contributed by atoms with E-state index < -0.39 is 0 Å². The summed E-state index contributed by atoms with van der Waals surface area (Å²) in [5.41, 5.74) is 1.31. The van der Waals surface area contributed by atoms with Crippen molar-refractivity contribution in [3.63, 3.8) is 0 Å². The molecule has 3 nitrogen and oxygen atoms in total. The molecule has 2 aromatic rings. The fourth-order valence-electron chi connectivity index (χ4n) is 2.39. The zero-order valence-electron chi connectivity index (χ0n) is 12.0. The number of morpholine rings is 1. The van der Waals surface area contributed by atoms with Crippen LogP contribution in [0.1, 0.15) is 0 Å². The van der Waals surface area contributed by atoms with Crippen molar-refractivity contribution in [2.24, 2.45) is 0 Å². The Bertz CT molecular complexity index is 625. The van der Waals surface area contributed by atoms with Crippen molar-refractivity contribution in [2.75, 3.05) is 26.3 Å². The van der Waals surface area contributed by atoms with Crippen molar-refractivity contribution < 1.29 is 18.3 Å². The van der Waals surface area contributed by atoms with Gasteiger partial charge in [-0.2, -0.15) is 0 Å². The van der Waals surface area contributed by atoms with Crippen molar-refractivity contribution >= 4 is 0 Å². The molecule has 0 unspecified atom stereocenters. The number of halogens is 2. The number of ether oxygens (including phenoxy) is 2. The molecular formula is C17H17F2NO2. The Hall–Kier alpha value is -1.98. The standard InChI is InChI=1S/C17H17F2NO2/c18-13-3-1-12(2-4-13)16-9-14(19)5-6-17(16)22-11-15-10-20-7-8-21-15/h1-6,9,15,20H,7-8,10-11H2/t15-/m1/s1. The summed E-state index contributed by atoms with van der Waals surface area (Å²) in [6, 6.07) is 10.2. The van der Waals surface area contributed by atoms with Crippen LogP contribution in [0.15, 0.2) is 42.5 Å². The number of hydrogen-bond acceptors (Lipinski definition) is 3. The minimum Gasteiger partial charge on any atom is -0.490 e. The highest BCUT2D eigenvalue weighted by molar-refractivity contribution is 5.70. The normalized spacial score (nSPS) is 18.2. The van der Waals surface area contributed by atoms with E-state index in [9.17, 15) is 8.78 Å². The Morgan fingerprint density at radius 1 is 1.09 bits per heavy atom. The van der Waals surface area contributed by atoms with Gasteiger partial charge in [-0.1, -0.05) is 12.1 Å². The highest BCUT2D eigenvalue weighted by Crippen LogP contribution is 2.31. The first kappa shape index (κ1) is 14.9. The molecule has 0 amide bonds. The summed E-state index contributed by atoms with van der Waals surface area (Å²) in [5.74, 6) is -0.131. The molecule has 1 fully saturated rings. The van der Waals surface area contributed by atoms with Gasteiger partial charge in [0.15, 0.2) is 0 Å². The van der Waals surface area contributed by atoms with E-state index in [1.54, 1.807) is 18.2 Å². The van der Waals surface area contributed by atoms with Crippen molar-refractivity contribution in [2.45, 2.75) is 6.10 Å². The van der Waals surface area contributed by atoms with Gasteiger partial charge in [0.1, 0.15) is 30.1 Å². The molecule has 1 heterocycles. The second kappa shape index (κ2) is 6.85. The first-order valence-corrected chi connectivity index (χ1v) is 7.23. The van der Waals surface area contributed by atoms with Gasteiger partial charge in [-0.15, -0.1) is 0 Å². The zero-order chi connectivity index (χ0) is 15.4. The molecule has 1 atom stereocenters. The SMILES string of the molecule is Fc1ccc(-c2cc(F)ccc2OC[C@H]2CNCCO2)cc1. The molecule has 116 valence electrons. The van der Waals surface area contributed by atoms with Crippen LogP contribution in [0, 0.1) is 11.6 Å². The Morgan fingerprint density at radius 3 is 2.59 bits per heavy atom. The van der Waals surface area contributed by atoms with Crippen molar-refractivity contribution in [1.29, 1.82) is 0 Å². The topological polar surface area (TPSA) is 30.5 Å². The third kappa shape index (κ3) is 3.61. The fraction of sp³-hybridized carbons (Fsp3) is 0.294. The minimum absolute atomic E-state index is 0.0279. The first-order chi connectivity index (χ1) is 10.7. The van der Waals surface area contributed by atoms with Gasteiger partial charge in [0.05, 0.1) is 6.61 Å². The van der Waals surface area contributed by atoms with Crippen LogP contribution in [0.5, 0.6) is 5.75 Å². The minimum atomic E-state index is -0.359. The Kier molecular flexibility index (Phi) is 4.65. The molecule has 22 heavy (non-hydrogen) atoms. The highest BCUT2D eigenvalue weighted by Gasteiger charge is 2.15. The third-order valence-electron chi connectivity index (χ3n) is 3.53. The molecule has 0 radical (unpaired) electrons. The fourth-order valence-corrected chi connectivity index (χ4v) is 2.39. The molecule has 2 aromatic carbocycles. The van der Waals surface area contributed by atoms with Crippen LogP contribution >= 0.6 is 0 Å². The summed E-state index contributed by atoms with van der Waals surface area (Å²) in [5, 5.41) is 3.23. The Labute approximate surface area is 127 Å². The van der Waals surface area contributed by atoms with Gasteiger partial charge in [0.2, 0.25) is 0 Å². The first-order valence-electron chi connectivity index (χ1n) is 7.23. The van der Waals surface area contributed by atoms with Crippen LogP contribution in [-0.2, 0) is 4.74 Å². The van der Waals surface area contributed by atoms with E-state index in [2.05, 4.69) is 5.32 Å². The second-order valence-electron chi connectivity index (χ2n) is 5.16. The molecule has 0 bridgehead atoms. The molecule has 1 N–H and O–H groups in total. The zero-order valence-corrected chi connectivity index (χ0v) is 12.0. The summed E-state index contributed by atoms with van der Waals surface area (Å²) in [6.45, 7) is 2.61. The van der Waals surface area contributed by atoms with Gasteiger partial charge < -0.3 is 14.8 Å². The van der Waals surface area contributed by atoms with E-state index in [0.717, 1.165) is 13.1 Å². The molecule has 1 aliphatic rings. The van der Waals surface area contributed by atoms with Crippen molar-refractivity contribution in [3.8, 4) is 16.9 Å². The highest BCUT2D eigenvalue weighted by atomic mass is 19.1. The van der Waals surface area contributed by atoms with E-state index in [4.69, 9.17) is 9.47 Å². The van der Waals surface area contributed by atoms with E-state index in [1.165, 1.54) is 24.3 Å². The molecule has 0 saturated carbocycles. The summed E-state index contributed by atoms with van der Waals surface area (Å²) in [4.78, 5) is 0. The van der Waals surface area contributed by atoms with Crippen LogP contribution in [0.4, 0.5) is 8.78 Å². The lowest BCUT2D eigenvalue weighted by Gasteiger charge is -2.24. The smallest absolute Gasteiger partial charge is 0.127 e. The average molecular weight is 305 g/mol. The van der Waals surface area contributed by atoms with Gasteiger partial charge >= 0.3 is 0 Å². The molecule has 0 aromatic heterocycles. The summed E-state index contributed by atoms with van der Waals surface area (Å²) in [7, 11) is 0. The van der Waals surface area contributed by atoms with Gasteiger partial charge in [-0.25, -0.2) is 8.78 Å². The molecule has 1 saturated heterocycles. The Balaban J connectivity index is 1.79. The summed E-state index contributed by atoms with van der Waals surface area (Å²) in [6.07, 6.45) is -0.0279. The van der Waals surface area contributed by atoms with E-state index in [0.29, 0.717) is 30.1 Å². The van der Waals surface area contributed by atoms with Gasteiger partial charge in [-0.05, 0) is 35.9 Å². The van der Waals surface area contributed by atoms with Crippen molar-refractivity contribution in [3.05, 3.63) is 54.1 Å². The average Bonchev–Trinajstić information content (AvgIpc) is 2.55.